The number of rotatable bonds is 4. The predicted octanol–water partition coefficient (Wildman–Crippen LogP) is 5.74. The first-order chi connectivity index (χ1) is 14.1. The van der Waals surface area contributed by atoms with Crippen molar-refractivity contribution in [2.45, 2.75) is 0 Å². The van der Waals surface area contributed by atoms with Crippen LogP contribution in [0.3, 0.4) is 0 Å². The Morgan fingerprint density at radius 1 is 1.17 bits per heavy atom. The monoisotopic (exact) mass is 439 g/mol. The lowest BCUT2D eigenvalue weighted by Crippen LogP contribution is -2.32. The number of halogens is 1. The van der Waals surface area contributed by atoms with Crippen molar-refractivity contribution in [3.05, 3.63) is 77.7 Å². The number of para-hydroxylation sites is 1. The van der Waals surface area contributed by atoms with E-state index in [-0.39, 0.29) is 11.0 Å². The van der Waals surface area contributed by atoms with Crippen LogP contribution in [0.2, 0.25) is 5.02 Å². The van der Waals surface area contributed by atoms with Gasteiger partial charge in [0, 0.05) is 16.7 Å². The summed E-state index contributed by atoms with van der Waals surface area (Å²) >= 11 is 13.0. The van der Waals surface area contributed by atoms with Crippen LogP contribution in [0.4, 0.5) is 5.69 Å². The van der Waals surface area contributed by atoms with Crippen molar-refractivity contribution in [3.8, 4) is 10.6 Å². The minimum Gasteiger partial charge on any atom is -0.465 e. The van der Waals surface area contributed by atoms with Crippen LogP contribution in [-0.2, 0) is 4.79 Å². The van der Waals surface area contributed by atoms with E-state index in [1.807, 2.05) is 30.3 Å². The molecular formula is C21H14ClN3O2S2. The average molecular weight is 440 g/mol. The topological polar surface area (TPSA) is 67.2 Å². The Bertz CT molecular complexity index is 1180. The highest BCUT2D eigenvalue weighted by Crippen LogP contribution is 2.36. The van der Waals surface area contributed by atoms with Crippen molar-refractivity contribution in [1.82, 2.24) is 10.3 Å². The third kappa shape index (κ3) is 4.71. The fraction of sp³-hybridized carbons (Fsp3) is 0. The summed E-state index contributed by atoms with van der Waals surface area (Å²) in [5.41, 5.74) is 2.42. The van der Waals surface area contributed by atoms with Gasteiger partial charge in [0.2, 0.25) is 5.91 Å². The van der Waals surface area contributed by atoms with Crippen molar-refractivity contribution < 1.29 is 9.21 Å². The quantitative estimate of drug-likeness (QED) is 0.313. The van der Waals surface area contributed by atoms with Crippen LogP contribution in [0.25, 0.3) is 26.9 Å². The maximum atomic E-state index is 12.1. The van der Waals surface area contributed by atoms with E-state index < -0.39 is 0 Å². The maximum absolute atomic E-state index is 12.1. The number of hydrogen-bond donors (Lipinski definition) is 2. The lowest BCUT2D eigenvalue weighted by atomic mass is 10.2. The van der Waals surface area contributed by atoms with E-state index in [2.05, 4.69) is 15.6 Å². The van der Waals surface area contributed by atoms with Crippen molar-refractivity contribution in [3.63, 3.8) is 0 Å². The minimum absolute atomic E-state index is 0.170. The van der Waals surface area contributed by atoms with Gasteiger partial charge in [0.25, 0.3) is 0 Å². The fourth-order valence-electron chi connectivity index (χ4n) is 2.64. The molecule has 0 aliphatic heterocycles. The number of carbonyl (C=O) groups is 1. The number of benzene rings is 2. The second kappa shape index (κ2) is 8.57. The molecule has 0 aliphatic rings. The number of anilines is 1. The summed E-state index contributed by atoms with van der Waals surface area (Å²) < 4.78 is 6.23. The average Bonchev–Trinajstić information content (AvgIpc) is 3.37. The van der Waals surface area contributed by atoms with E-state index in [1.54, 1.807) is 41.7 Å². The Hall–Kier alpha value is -3.00. The molecular weight excluding hydrogens is 426 g/mol. The van der Waals surface area contributed by atoms with Crippen LogP contribution >= 0.6 is 35.2 Å². The number of fused-ring (bicyclic) bond motifs is 1. The van der Waals surface area contributed by atoms with Crippen molar-refractivity contribution in [2.75, 3.05) is 5.32 Å². The smallest absolute Gasteiger partial charge is 0.250 e. The first-order valence-electron chi connectivity index (χ1n) is 8.57. The minimum atomic E-state index is -0.366. The molecule has 1 amide bonds. The molecule has 2 N–H and O–H groups in total. The first-order valence-corrected chi connectivity index (χ1v) is 10.2. The summed E-state index contributed by atoms with van der Waals surface area (Å²) in [7, 11) is 0. The number of amides is 1. The second-order valence-electron chi connectivity index (χ2n) is 5.97. The lowest BCUT2D eigenvalue weighted by molar-refractivity contribution is -0.115. The van der Waals surface area contributed by atoms with Gasteiger partial charge < -0.3 is 9.73 Å². The van der Waals surface area contributed by atoms with Gasteiger partial charge in [0.1, 0.15) is 10.8 Å². The van der Waals surface area contributed by atoms with Gasteiger partial charge in [0.05, 0.1) is 22.2 Å². The molecule has 0 unspecified atom stereocenters. The Balaban J connectivity index is 1.52. The molecule has 2 heterocycles. The molecule has 8 heteroatoms. The lowest BCUT2D eigenvalue weighted by Gasteiger charge is -2.12. The molecule has 29 heavy (non-hydrogen) atoms. The first kappa shape index (κ1) is 19.3. The van der Waals surface area contributed by atoms with E-state index in [4.69, 9.17) is 28.2 Å². The number of hydrogen-bond acceptors (Lipinski definition) is 5. The highest BCUT2D eigenvalue weighted by molar-refractivity contribution is 7.80. The van der Waals surface area contributed by atoms with Gasteiger partial charge in [0.15, 0.2) is 5.11 Å². The van der Waals surface area contributed by atoms with E-state index in [1.165, 1.54) is 12.3 Å². The molecule has 0 aliphatic carbocycles. The zero-order valence-corrected chi connectivity index (χ0v) is 17.3. The van der Waals surface area contributed by atoms with Crippen LogP contribution in [0.15, 0.2) is 71.4 Å². The predicted molar refractivity (Wildman–Crippen MR) is 122 cm³/mol. The van der Waals surface area contributed by atoms with Gasteiger partial charge in [-0.1, -0.05) is 23.7 Å². The fourth-order valence-corrected chi connectivity index (χ4v) is 4.02. The van der Waals surface area contributed by atoms with Crippen molar-refractivity contribution >= 4 is 68.2 Å². The molecule has 5 nitrogen and oxygen atoms in total. The highest BCUT2D eigenvalue weighted by Gasteiger charge is 2.13. The van der Waals surface area contributed by atoms with Crippen LogP contribution in [0.1, 0.15) is 5.76 Å². The number of thiocarbonyl (C=S) groups is 1. The Morgan fingerprint density at radius 2 is 2.03 bits per heavy atom. The number of nitrogens with zero attached hydrogens (tertiary/aromatic N) is 1. The summed E-state index contributed by atoms with van der Waals surface area (Å²) in [6.45, 7) is 0. The molecule has 0 spiro atoms. The number of furan rings is 1. The highest BCUT2D eigenvalue weighted by atomic mass is 35.5. The van der Waals surface area contributed by atoms with Crippen LogP contribution in [-0.4, -0.2) is 16.0 Å². The van der Waals surface area contributed by atoms with E-state index in [9.17, 15) is 4.79 Å². The zero-order valence-electron chi connectivity index (χ0n) is 14.9. The Kier molecular flexibility index (Phi) is 5.71. The molecule has 144 valence electrons. The van der Waals surface area contributed by atoms with Gasteiger partial charge in [-0.25, -0.2) is 4.98 Å². The summed E-state index contributed by atoms with van der Waals surface area (Å²) in [4.78, 5) is 16.7. The standard InChI is InChI=1S/C21H14ClN3O2S2/c22-13-7-9-16(15(12-13)20-23-17-5-1-2-6-18(17)29-20)24-21(28)25-19(26)10-8-14-4-3-11-27-14/h1-12H,(H2,24,25,26,28)/b10-8+. The van der Waals surface area contributed by atoms with Crippen molar-refractivity contribution in [2.24, 2.45) is 0 Å². The molecule has 0 bridgehead atoms. The van der Waals surface area contributed by atoms with Crippen molar-refractivity contribution in [1.29, 1.82) is 0 Å². The van der Waals surface area contributed by atoms with Gasteiger partial charge in [-0.3, -0.25) is 10.1 Å². The zero-order chi connectivity index (χ0) is 20.2. The van der Waals surface area contributed by atoms with Crippen LogP contribution in [0, 0.1) is 0 Å². The summed E-state index contributed by atoms with van der Waals surface area (Å²) in [5.74, 6) is 0.212. The second-order valence-corrected chi connectivity index (χ2v) is 7.84. The van der Waals surface area contributed by atoms with Gasteiger partial charge in [-0.05, 0) is 60.8 Å². The molecule has 2 aromatic carbocycles. The normalized spacial score (nSPS) is 11.1. The molecule has 0 saturated carbocycles. The third-order valence-electron chi connectivity index (χ3n) is 3.93. The molecule has 2 aromatic heterocycles. The van der Waals surface area contributed by atoms with Gasteiger partial charge in [-0.15, -0.1) is 11.3 Å². The van der Waals surface area contributed by atoms with E-state index >= 15 is 0 Å². The van der Waals surface area contributed by atoms with Gasteiger partial charge in [-0.2, -0.15) is 0 Å². The SMILES string of the molecule is O=C(/C=C/c1ccco1)NC(=S)Nc1ccc(Cl)cc1-c1nc2ccccc2s1. The van der Waals surface area contributed by atoms with Crippen LogP contribution in [0.5, 0.6) is 0 Å². The maximum Gasteiger partial charge on any atom is 0.250 e. The molecule has 0 atom stereocenters. The number of nitrogens with one attached hydrogen (secondary N) is 2. The molecule has 0 fully saturated rings. The molecule has 0 saturated heterocycles. The largest absolute Gasteiger partial charge is 0.465 e. The van der Waals surface area contributed by atoms with Gasteiger partial charge >= 0.3 is 0 Å². The summed E-state index contributed by atoms with van der Waals surface area (Å²) in [6.07, 6.45) is 4.45. The number of carbonyl (C=O) groups excluding carboxylic acids is 1. The van der Waals surface area contributed by atoms with E-state index in [0.717, 1.165) is 20.8 Å². The Morgan fingerprint density at radius 3 is 2.83 bits per heavy atom. The molecule has 4 rings (SSSR count). The molecule has 4 aromatic rings. The third-order valence-corrected chi connectivity index (χ3v) is 5.44. The summed E-state index contributed by atoms with van der Waals surface area (Å²) in [6, 6.07) is 16.8. The van der Waals surface area contributed by atoms with E-state index in [0.29, 0.717) is 16.5 Å². The Labute approximate surface area is 181 Å². The molecule has 0 radical (unpaired) electrons. The number of thiazole rings is 1. The number of aromatic nitrogens is 1. The summed E-state index contributed by atoms with van der Waals surface area (Å²) in [5, 5.41) is 7.23. The van der Waals surface area contributed by atoms with Crippen LogP contribution < -0.4 is 10.6 Å².